The van der Waals surface area contributed by atoms with Gasteiger partial charge in [0.15, 0.2) is 0 Å². The molecule has 72 valence electrons. The molecule has 1 aliphatic heterocycles. The van der Waals surface area contributed by atoms with E-state index in [2.05, 4.69) is 4.90 Å². The summed E-state index contributed by atoms with van der Waals surface area (Å²) in [6.45, 7) is 3.26. The lowest BCUT2D eigenvalue weighted by Gasteiger charge is -2.13. The molecule has 0 unspecified atom stereocenters. The first-order valence-electron chi connectivity index (χ1n) is 4.48. The summed E-state index contributed by atoms with van der Waals surface area (Å²) in [7, 11) is -2.74. The average molecular weight is 191 g/mol. The van der Waals surface area contributed by atoms with Crippen molar-refractivity contribution in [1.29, 1.82) is 0 Å². The minimum atomic E-state index is -2.74. The summed E-state index contributed by atoms with van der Waals surface area (Å²) in [4.78, 5) is 2.34. The normalized spacial score (nSPS) is 20.1. The summed E-state index contributed by atoms with van der Waals surface area (Å²) in [6, 6.07) is 0. The smallest absolute Gasteiger partial charge is 0.147 e. The third-order valence-electron chi connectivity index (χ3n) is 2.19. The van der Waals surface area contributed by atoms with Crippen molar-refractivity contribution in [2.45, 2.75) is 19.3 Å². The standard InChI is InChI=1S/C8H17NO2S/c1-12(10,11)8-4-7-9-5-2-3-6-9/h2-8H2,1H3. The van der Waals surface area contributed by atoms with E-state index >= 15 is 0 Å². The topological polar surface area (TPSA) is 37.4 Å². The van der Waals surface area contributed by atoms with Crippen LogP contribution in [-0.4, -0.2) is 45.0 Å². The number of nitrogens with zero attached hydrogens (tertiary/aromatic N) is 1. The highest BCUT2D eigenvalue weighted by atomic mass is 32.2. The van der Waals surface area contributed by atoms with Crippen molar-refractivity contribution in [2.24, 2.45) is 0 Å². The maximum atomic E-state index is 10.8. The number of hydrogen-bond acceptors (Lipinski definition) is 3. The molecule has 0 aromatic rings. The van der Waals surface area contributed by atoms with E-state index in [1.54, 1.807) is 0 Å². The van der Waals surface area contributed by atoms with Crippen molar-refractivity contribution < 1.29 is 8.42 Å². The van der Waals surface area contributed by atoms with Gasteiger partial charge in [-0.1, -0.05) is 0 Å². The number of rotatable bonds is 4. The Morgan fingerprint density at radius 2 is 1.83 bits per heavy atom. The molecule has 0 amide bonds. The highest BCUT2D eigenvalue weighted by molar-refractivity contribution is 7.90. The fourth-order valence-corrected chi connectivity index (χ4v) is 2.21. The van der Waals surface area contributed by atoms with Gasteiger partial charge in [-0.2, -0.15) is 0 Å². The molecule has 0 N–H and O–H groups in total. The van der Waals surface area contributed by atoms with Gasteiger partial charge < -0.3 is 4.90 Å². The van der Waals surface area contributed by atoms with Crippen molar-refractivity contribution in [3.8, 4) is 0 Å². The third kappa shape index (κ3) is 4.07. The minimum Gasteiger partial charge on any atom is -0.303 e. The highest BCUT2D eigenvalue weighted by Crippen LogP contribution is 2.07. The fourth-order valence-electron chi connectivity index (χ4n) is 1.56. The van der Waals surface area contributed by atoms with Gasteiger partial charge in [-0.05, 0) is 38.9 Å². The second-order valence-electron chi connectivity index (χ2n) is 3.53. The molecule has 3 nitrogen and oxygen atoms in total. The summed E-state index contributed by atoms with van der Waals surface area (Å²) in [5.74, 6) is 0.337. The maximum Gasteiger partial charge on any atom is 0.147 e. The highest BCUT2D eigenvalue weighted by Gasteiger charge is 2.11. The van der Waals surface area contributed by atoms with Gasteiger partial charge in [0.25, 0.3) is 0 Å². The van der Waals surface area contributed by atoms with Crippen LogP contribution in [0, 0.1) is 0 Å². The van der Waals surface area contributed by atoms with Crippen LogP contribution >= 0.6 is 0 Å². The number of likely N-dealkylation sites (tertiary alicyclic amines) is 1. The molecule has 1 saturated heterocycles. The maximum absolute atomic E-state index is 10.8. The van der Waals surface area contributed by atoms with Crippen molar-refractivity contribution in [1.82, 2.24) is 4.90 Å². The lowest BCUT2D eigenvalue weighted by Crippen LogP contribution is -2.22. The molecule has 0 spiro atoms. The molecule has 1 fully saturated rings. The van der Waals surface area contributed by atoms with Crippen LogP contribution in [0.2, 0.25) is 0 Å². The van der Waals surface area contributed by atoms with Gasteiger partial charge in [0, 0.05) is 6.26 Å². The summed E-state index contributed by atoms with van der Waals surface area (Å²) >= 11 is 0. The van der Waals surface area contributed by atoms with Gasteiger partial charge in [-0.15, -0.1) is 0 Å². The fraction of sp³-hybridized carbons (Fsp3) is 1.00. The third-order valence-corrected chi connectivity index (χ3v) is 3.22. The predicted molar refractivity (Wildman–Crippen MR) is 50.0 cm³/mol. The van der Waals surface area contributed by atoms with Crippen LogP contribution in [0.5, 0.6) is 0 Å². The van der Waals surface area contributed by atoms with Crippen LogP contribution in [0.25, 0.3) is 0 Å². The quantitative estimate of drug-likeness (QED) is 0.650. The molecule has 1 heterocycles. The zero-order chi connectivity index (χ0) is 9.03. The van der Waals surface area contributed by atoms with Crippen LogP contribution in [0.3, 0.4) is 0 Å². The Bertz CT molecular complexity index is 217. The Hall–Kier alpha value is -0.0900. The van der Waals surface area contributed by atoms with Crippen LogP contribution in [-0.2, 0) is 9.84 Å². The van der Waals surface area contributed by atoms with E-state index in [4.69, 9.17) is 0 Å². The molecule has 0 aromatic carbocycles. The molecule has 0 bridgehead atoms. The van der Waals surface area contributed by atoms with Crippen LogP contribution in [0.15, 0.2) is 0 Å². The van der Waals surface area contributed by atoms with E-state index in [-0.39, 0.29) is 0 Å². The van der Waals surface area contributed by atoms with Gasteiger partial charge in [0.1, 0.15) is 9.84 Å². The van der Waals surface area contributed by atoms with Crippen molar-refractivity contribution >= 4 is 9.84 Å². The molecule has 4 heteroatoms. The second kappa shape index (κ2) is 4.23. The lowest BCUT2D eigenvalue weighted by molar-refractivity contribution is 0.340. The van der Waals surface area contributed by atoms with Gasteiger partial charge >= 0.3 is 0 Å². The van der Waals surface area contributed by atoms with Crippen LogP contribution in [0.1, 0.15) is 19.3 Å². The van der Waals surface area contributed by atoms with Gasteiger partial charge in [-0.3, -0.25) is 0 Å². The van der Waals surface area contributed by atoms with E-state index in [0.29, 0.717) is 5.75 Å². The molecule has 12 heavy (non-hydrogen) atoms. The Kier molecular flexibility index (Phi) is 3.53. The van der Waals surface area contributed by atoms with E-state index < -0.39 is 9.84 Å². The van der Waals surface area contributed by atoms with Gasteiger partial charge in [0.2, 0.25) is 0 Å². The zero-order valence-electron chi connectivity index (χ0n) is 7.62. The van der Waals surface area contributed by atoms with Crippen molar-refractivity contribution in [2.75, 3.05) is 31.6 Å². The summed E-state index contributed by atoms with van der Waals surface area (Å²) in [5.41, 5.74) is 0. The zero-order valence-corrected chi connectivity index (χ0v) is 8.44. The van der Waals surface area contributed by atoms with Gasteiger partial charge in [0.05, 0.1) is 5.75 Å². The molecule has 0 atom stereocenters. The molecule has 1 aliphatic rings. The minimum absolute atomic E-state index is 0.337. The van der Waals surface area contributed by atoms with E-state index in [1.807, 2.05) is 0 Å². The Balaban J connectivity index is 2.09. The van der Waals surface area contributed by atoms with Crippen LogP contribution in [0.4, 0.5) is 0 Å². The molecular weight excluding hydrogens is 174 g/mol. The number of sulfone groups is 1. The van der Waals surface area contributed by atoms with E-state index in [1.165, 1.54) is 19.1 Å². The Morgan fingerprint density at radius 3 is 2.33 bits per heavy atom. The Labute approximate surface area is 74.7 Å². The SMILES string of the molecule is CS(=O)(=O)CCCN1CCCC1. The Morgan fingerprint density at radius 1 is 1.25 bits per heavy atom. The summed E-state index contributed by atoms with van der Waals surface area (Å²) < 4.78 is 21.6. The molecular formula is C8H17NO2S. The monoisotopic (exact) mass is 191 g/mol. The number of hydrogen-bond donors (Lipinski definition) is 0. The second-order valence-corrected chi connectivity index (χ2v) is 5.79. The molecule has 0 aliphatic carbocycles. The first-order valence-corrected chi connectivity index (χ1v) is 6.54. The molecule has 1 rings (SSSR count). The van der Waals surface area contributed by atoms with Gasteiger partial charge in [-0.25, -0.2) is 8.42 Å². The van der Waals surface area contributed by atoms with E-state index in [0.717, 1.165) is 26.1 Å². The van der Waals surface area contributed by atoms with Crippen molar-refractivity contribution in [3.05, 3.63) is 0 Å². The molecule has 0 radical (unpaired) electrons. The molecule has 0 aromatic heterocycles. The van der Waals surface area contributed by atoms with E-state index in [9.17, 15) is 8.42 Å². The predicted octanol–water partition coefficient (Wildman–Crippen LogP) is 0.517. The summed E-state index contributed by atoms with van der Waals surface area (Å²) in [5, 5.41) is 0. The van der Waals surface area contributed by atoms with Crippen molar-refractivity contribution in [3.63, 3.8) is 0 Å². The average Bonchev–Trinajstić information content (AvgIpc) is 2.36. The van der Waals surface area contributed by atoms with Crippen LogP contribution < -0.4 is 0 Å². The summed E-state index contributed by atoms with van der Waals surface area (Å²) in [6.07, 6.45) is 4.65. The molecule has 0 saturated carbocycles. The first kappa shape index (κ1) is 9.99. The largest absolute Gasteiger partial charge is 0.303 e. The first-order chi connectivity index (χ1) is 5.58. The lowest BCUT2D eigenvalue weighted by atomic mass is 10.4.